The fourth-order valence-corrected chi connectivity index (χ4v) is 4.48. The summed E-state index contributed by atoms with van der Waals surface area (Å²) in [4.78, 5) is 9.37. The number of sulfone groups is 1. The molecular formula is C15H12N2O2S2. The summed E-state index contributed by atoms with van der Waals surface area (Å²) in [5.74, 6) is -0.0328. The van der Waals surface area contributed by atoms with Crippen molar-refractivity contribution in [3.63, 3.8) is 0 Å². The molecule has 4 nitrogen and oxygen atoms in total. The summed E-state index contributed by atoms with van der Waals surface area (Å²) in [6.45, 7) is 0. The van der Waals surface area contributed by atoms with Crippen LogP contribution >= 0.6 is 11.3 Å². The lowest BCUT2D eigenvalue weighted by Gasteiger charge is -2.01. The monoisotopic (exact) mass is 316 g/mol. The Morgan fingerprint density at radius 1 is 1.00 bits per heavy atom. The first-order valence-electron chi connectivity index (χ1n) is 6.28. The van der Waals surface area contributed by atoms with Crippen molar-refractivity contribution in [3.05, 3.63) is 65.9 Å². The number of benzene rings is 1. The molecule has 0 saturated carbocycles. The summed E-state index contributed by atoms with van der Waals surface area (Å²) >= 11 is 1.38. The van der Waals surface area contributed by atoms with E-state index in [1.165, 1.54) is 11.3 Å². The van der Waals surface area contributed by atoms with Crippen molar-refractivity contribution in [3.8, 4) is 10.6 Å². The Kier molecular flexibility index (Phi) is 3.81. The number of aromatic nitrogens is 2. The molecule has 0 atom stereocenters. The Hall–Kier alpha value is -2.05. The van der Waals surface area contributed by atoms with Crippen molar-refractivity contribution in [2.24, 2.45) is 0 Å². The van der Waals surface area contributed by atoms with Gasteiger partial charge < -0.3 is 0 Å². The Balaban J connectivity index is 1.85. The third-order valence-corrected chi connectivity index (χ3v) is 5.81. The highest BCUT2D eigenvalue weighted by atomic mass is 32.2. The van der Waals surface area contributed by atoms with Crippen LogP contribution < -0.4 is 0 Å². The molecule has 0 spiro atoms. The van der Waals surface area contributed by atoms with E-state index in [0.29, 0.717) is 4.90 Å². The molecule has 0 unspecified atom stereocenters. The maximum atomic E-state index is 12.3. The molecule has 106 valence electrons. The lowest BCUT2D eigenvalue weighted by Crippen LogP contribution is -2.03. The van der Waals surface area contributed by atoms with Crippen molar-refractivity contribution in [2.75, 3.05) is 0 Å². The van der Waals surface area contributed by atoms with Gasteiger partial charge in [0.1, 0.15) is 5.01 Å². The lowest BCUT2D eigenvalue weighted by molar-refractivity contribution is 0.595. The number of nitrogens with zero attached hydrogens (tertiary/aromatic N) is 2. The molecule has 2 aromatic heterocycles. The van der Waals surface area contributed by atoms with Crippen LogP contribution in [0.4, 0.5) is 0 Å². The number of thiazole rings is 1. The van der Waals surface area contributed by atoms with Crippen LogP contribution in [0.5, 0.6) is 0 Å². The first kappa shape index (κ1) is 13.9. The van der Waals surface area contributed by atoms with Crippen LogP contribution in [0.15, 0.2) is 66.0 Å². The smallest absolute Gasteiger partial charge is 0.183 e. The molecule has 0 amide bonds. The van der Waals surface area contributed by atoms with E-state index in [0.717, 1.165) is 15.4 Å². The van der Waals surface area contributed by atoms with E-state index < -0.39 is 9.84 Å². The highest BCUT2D eigenvalue weighted by Gasteiger charge is 2.17. The quantitative estimate of drug-likeness (QED) is 0.742. The third kappa shape index (κ3) is 3.17. The van der Waals surface area contributed by atoms with Crippen molar-refractivity contribution in [2.45, 2.75) is 10.6 Å². The van der Waals surface area contributed by atoms with Gasteiger partial charge in [-0.2, -0.15) is 0 Å². The van der Waals surface area contributed by atoms with Crippen LogP contribution in [-0.2, 0) is 15.6 Å². The van der Waals surface area contributed by atoms with Crippen LogP contribution in [0.1, 0.15) is 4.88 Å². The summed E-state index contributed by atoms with van der Waals surface area (Å²) in [7, 11) is -3.33. The predicted octanol–water partition coefficient (Wildman–Crippen LogP) is 3.18. The molecule has 0 aliphatic heterocycles. The average molecular weight is 316 g/mol. The van der Waals surface area contributed by atoms with E-state index in [-0.39, 0.29) is 5.75 Å². The van der Waals surface area contributed by atoms with Crippen LogP contribution in [0.3, 0.4) is 0 Å². The van der Waals surface area contributed by atoms with E-state index in [4.69, 9.17) is 0 Å². The Bertz CT molecular complexity index is 828. The standard InChI is InChI=1S/C15H12N2O2S2/c18-21(19,14-6-2-1-3-7-14)11-13-10-17-15(20-13)12-5-4-8-16-9-12/h1-10H,11H2. The lowest BCUT2D eigenvalue weighted by atomic mass is 10.3. The Morgan fingerprint density at radius 2 is 1.81 bits per heavy atom. The van der Waals surface area contributed by atoms with Gasteiger partial charge in [-0.1, -0.05) is 18.2 Å². The van der Waals surface area contributed by atoms with Crippen LogP contribution in [0, 0.1) is 0 Å². The molecule has 0 N–H and O–H groups in total. The van der Waals surface area contributed by atoms with Crippen molar-refractivity contribution in [1.29, 1.82) is 0 Å². The molecule has 3 rings (SSSR count). The predicted molar refractivity (Wildman–Crippen MR) is 82.7 cm³/mol. The summed E-state index contributed by atoms with van der Waals surface area (Å²) in [6.07, 6.45) is 5.03. The zero-order valence-corrected chi connectivity index (χ0v) is 12.6. The number of hydrogen-bond acceptors (Lipinski definition) is 5. The minimum Gasteiger partial charge on any atom is -0.264 e. The minimum absolute atomic E-state index is 0.0328. The summed E-state index contributed by atoms with van der Waals surface area (Å²) in [5.41, 5.74) is 0.894. The van der Waals surface area contributed by atoms with Crippen molar-refractivity contribution >= 4 is 21.2 Å². The van der Waals surface area contributed by atoms with Crippen molar-refractivity contribution < 1.29 is 8.42 Å². The van der Waals surface area contributed by atoms with E-state index in [1.54, 1.807) is 48.9 Å². The van der Waals surface area contributed by atoms with Gasteiger partial charge in [0.2, 0.25) is 0 Å². The largest absolute Gasteiger partial charge is 0.264 e. The highest BCUT2D eigenvalue weighted by molar-refractivity contribution is 7.90. The van der Waals surface area contributed by atoms with Gasteiger partial charge in [0.25, 0.3) is 0 Å². The van der Waals surface area contributed by atoms with Gasteiger partial charge in [-0.05, 0) is 24.3 Å². The summed E-state index contributed by atoms with van der Waals surface area (Å²) < 4.78 is 24.6. The molecule has 6 heteroatoms. The van der Waals surface area contributed by atoms with Gasteiger partial charge in [0.05, 0.1) is 10.6 Å². The SMILES string of the molecule is O=S(=O)(Cc1cnc(-c2cccnc2)s1)c1ccccc1. The molecule has 0 fully saturated rings. The first-order chi connectivity index (χ1) is 10.1. The molecule has 3 aromatic rings. The topological polar surface area (TPSA) is 59.9 Å². The molecule has 1 aromatic carbocycles. The number of hydrogen-bond donors (Lipinski definition) is 0. The molecule has 0 radical (unpaired) electrons. The maximum absolute atomic E-state index is 12.3. The second-order valence-electron chi connectivity index (χ2n) is 4.45. The van der Waals surface area contributed by atoms with Gasteiger partial charge in [0.15, 0.2) is 9.84 Å². The van der Waals surface area contributed by atoms with Gasteiger partial charge >= 0.3 is 0 Å². The first-order valence-corrected chi connectivity index (χ1v) is 8.75. The van der Waals surface area contributed by atoms with Gasteiger partial charge in [-0.3, -0.25) is 4.98 Å². The molecular weight excluding hydrogens is 304 g/mol. The molecule has 0 saturated heterocycles. The zero-order valence-electron chi connectivity index (χ0n) is 11.0. The van der Waals surface area contributed by atoms with Gasteiger partial charge in [-0.25, -0.2) is 13.4 Å². The Morgan fingerprint density at radius 3 is 2.52 bits per heavy atom. The number of rotatable bonds is 4. The normalized spacial score (nSPS) is 11.4. The Labute approximate surface area is 127 Å². The third-order valence-electron chi connectivity index (χ3n) is 2.90. The molecule has 21 heavy (non-hydrogen) atoms. The molecule has 0 bridgehead atoms. The molecule has 0 aliphatic carbocycles. The highest BCUT2D eigenvalue weighted by Crippen LogP contribution is 2.27. The van der Waals surface area contributed by atoms with Crippen LogP contribution in [0.25, 0.3) is 10.6 Å². The second kappa shape index (κ2) is 5.75. The van der Waals surface area contributed by atoms with Crippen LogP contribution in [-0.4, -0.2) is 18.4 Å². The van der Waals surface area contributed by atoms with E-state index in [1.807, 2.05) is 12.1 Å². The molecule has 2 heterocycles. The number of pyridine rings is 1. The van der Waals surface area contributed by atoms with Gasteiger partial charge in [-0.15, -0.1) is 11.3 Å². The summed E-state index contributed by atoms with van der Waals surface area (Å²) in [6, 6.07) is 12.2. The fraction of sp³-hybridized carbons (Fsp3) is 0.0667. The maximum Gasteiger partial charge on any atom is 0.183 e. The minimum atomic E-state index is -3.33. The van der Waals surface area contributed by atoms with Crippen LogP contribution in [0.2, 0.25) is 0 Å². The average Bonchev–Trinajstić information content (AvgIpc) is 2.97. The van der Waals surface area contributed by atoms with E-state index >= 15 is 0 Å². The van der Waals surface area contributed by atoms with Gasteiger partial charge in [0, 0.05) is 29.0 Å². The summed E-state index contributed by atoms with van der Waals surface area (Å²) in [5, 5.41) is 0.779. The van der Waals surface area contributed by atoms with E-state index in [2.05, 4.69) is 9.97 Å². The van der Waals surface area contributed by atoms with E-state index in [9.17, 15) is 8.42 Å². The fourth-order valence-electron chi connectivity index (χ4n) is 1.90. The van der Waals surface area contributed by atoms with Crippen molar-refractivity contribution in [1.82, 2.24) is 9.97 Å². The zero-order chi connectivity index (χ0) is 14.7. The molecule has 0 aliphatic rings. The second-order valence-corrected chi connectivity index (χ2v) is 7.55.